The van der Waals surface area contributed by atoms with Crippen LogP contribution in [-0.4, -0.2) is 57.4 Å². The van der Waals surface area contributed by atoms with Gasteiger partial charge in [-0.2, -0.15) is 5.10 Å². The van der Waals surface area contributed by atoms with Gasteiger partial charge in [0.15, 0.2) is 5.65 Å². The zero-order valence-electron chi connectivity index (χ0n) is 17.2. The lowest BCUT2D eigenvalue weighted by molar-refractivity contribution is -0.162. The van der Waals surface area contributed by atoms with Gasteiger partial charge < -0.3 is 10.4 Å². The van der Waals surface area contributed by atoms with Gasteiger partial charge in [0.25, 0.3) is 0 Å². The van der Waals surface area contributed by atoms with Crippen LogP contribution in [0.3, 0.4) is 0 Å². The van der Waals surface area contributed by atoms with Gasteiger partial charge >= 0.3 is 5.97 Å². The van der Waals surface area contributed by atoms with Gasteiger partial charge in [0, 0.05) is 24.3 Å². The molecule has 0 amide bonds. The predicted octanol–water partition coefficient (Wildman–Crippen LogP) is 1.55. The molecule has 10 nitrogen and oxygen atoms in total. The molecule has 4 heterocycles. The Bertz CT molecular complexity index is 1170. The SMILES string of the molecule is CCn1ncc2c(NC3CCS(=O)(=O)CC3)c(C3=CC4(CC(C(=O)O)C4)ON3)cnc21. The zero-order valence-corrected chi connectivity index (χ0v) is 18.0. The van der Waals surface area contributed by atoms with Gasteiger partial charge in [0.1, 0.15) is 15.4 Å². The van der Waals surface area contributed by atoms with Gasteiger partial charge in [-0.05, 0) is 38.7 Å². The molecule has 2 fully saturated rings. The Balaban J connectivity index is 1.50. The smallest absolute Gasteiger partial charge is 0.306 e. The van der Waals surface area contributed by atoms with Gasteiger partial charge in [0.2, 0.25) is 0 Å². The highest BCUT2D eigenvalue weighted by molar-refractivity contribution is 7.91. The molecule has 0 unspecified atom stereocenters. The first-order valence-corrected chi connectivity index (χ1v) is 12.3. The first-order valence-electron chi connectivity index (χ1n) is 10.5. The molecule has 3 aliphatic rings. The van der Waals surface area contributed by atoms with Crippen molar-refractivity contribution < 1.29 is 23.2 Å². The number of pyridine rings is 1. The summed E-state index contributed by atoms with van der Waals surface area (Å²) in [6.45, 7) is 2.68. The first-order chi connectivity index (χ1) is 14.8. The lowest BCUT2D eigenvalue weighted by Gasteiger charge is -2.39. The van der Waals surface area contributed by atoms with E-state index in [-0.39, 0.29) is 17.5 Å². The normalized spacial score (nSPS) is 22.8. The second kappa shape index (κ2) is 7.20. The van der Waals surface area contributed by atoms with Crippen molar-refractivity contribution in [3.05, 3.63) is 24.0 Å². The number of nitrogens with zero attached hydrogens (tertiary/aromatic N) is 3. The number of rotatable bonds is 5. The Labute approximate surface area is 179 Å². The van der Waals surface area contributed by atoms with E-state index in [4.69, 9.17) is 4.84 Å². The fourth-order valence-corrected chi connectivity index (χ4v) is 6.11. The minimum atomic E-state index is -2.96. The van der Waals surface area contributed by atoms with Crippen LogP contribution in [0.15, 0.2) is 18.5 Å². The molecule has 2 aromatic heterocycles. The summed E-state index contributed by atoms with van der Waals surface area (Å²) in [5.41, 5.74) is 5.47. The minimum Gasteiger partial charge on any atom is -0.481 e. The molecule has 2 aliphatic heterocycles. The number of nitrogens with one attached hydrogen (secondary N) is 2. The molecule has 1 saturated heterocycles. The second-order valence-corrected chi connectivity index (χ2v) is 10.9. The third kappa shape index (κ3) is 3.55. The maximum absolute atomic E-state index is 11.8. The van der Waals surface area contributed by atoms with Crippen LogP contribution in [-0.2, 0) is 26.0 Å². The van der Waals surface area contributed by atoms with Crippen molar-refractivity contribution in [2.45, 2.75) is 50.8 Å². The average molecular weight is 448 g/mol. The van der Waals surface area contributed by atoms with E-state index in [9.17, 15) is 18.3 Å². The minimum absolute atomic E-state index is 0.0230. The summed E-state index contributed by atoms with van der Waals surface area (Å²) in [4.78, 5) is 21.6. The maximum Gasteiger partial charge on any atom is 0.306 e. The lowest BCUT2D eigenvalue weighted by atomic mass is 9.70. The summed E-state index contributed by atoms with van der Waals surface area (Å²) >= 11 is 0. The topological polar surface area (TPSA) is 135 Å². The fourth-order valence-electron chi connectivity index (χ4n) is 4.62. The highest BCUT2D eigenvalue weighted by atomic mass is 32.2. The van der Waals surface area contributed by atoms with Gasteiger partial charge in [-0.3, -0.25) is 15.1 Å². The number of sulfone groups is 1. The van der Waals surface area contributed by atoms with Crippen molar-refractivity contribution in [2.24, 2.45) is 5.92 Å². The van der Waals surface area contributed by atoms with Crippen molar-refractivity contribution >= 4 is 38.2 Å². The number of carbonyl (C=O) groups is 1. The van der Waals surface area contributed by atoms with Crippen molar-refractivity contribution in [2.75, 3.05) is 16.8 Å². The third-order valence-corrected chi connectivity index (χ3v) is 8.18. The summed E-state index contributed by atoms with van der Waals surface area (Å²) in [7, 11) is -2.96. The van der Waals surface area contributed by atoms with Crippen molar-refractivity contribution in [1.82, 2.24) is 20.2 Å². The Kier molecular flexibility index (Phi) is 4.70. The standard InChI is InChI=1S/C20H25N5O5S/c1-2-25-18-15(11-22-25)17(23-13-3-5-31(28,29)6-4-13)14(10-21-18)16-9-20(30-24-16)7-12(8-20)19(26)27/h9-13,24H,2-8H2,1H3,(H,21,23)(H,26,27). The molecular formula is C20H25N5O5S. The van der Waals surface area contributed by atoms with E-state index in [2.05, 4.69) is 20.9 Å². The van der Waals surface area contributed by atoms with Gasteiger partial charge in [-0.1, -0.05) is 0 Å². The van der Waals surface area contributed by atoms with E-state index < -0.39 is 27.3 Å². The van der Waals surface area contributed by atoms with Crippen LogP contribution in [0, 0.1) is 5.92 Å². The average Bonchev–Trinajstić information content (AvgIpc) is 3.33. The molecule has 1 saturated carbocycles. The fraction of sp³-hybridized carbons (Fsp3) is 0.550. The summed E-state index contributed by atoms with van der Waals surface area (Å²) in [6, 6.07) is 0.0230. The Morgan fingerprint density at radius 2 is 2.10 bits per heavy atom. The lowest BCUT2D eigenvalue weighted by Crippen LogP contribution is -2.46. The number of carboxylic acid groups (broad SMARTS) is 1. The molecule has 1 aliphatic carbocycles. The van der Waals surface area contributed by atoms with E-state index in [0.29, 0.717) is 32.2 Å². The maximum atomic E-state index is 11.8. The van der Waals surface area contributed by atoms with E-state index in [1.807, 2.05) is 17.7 Å². The van der Waals surface area contributed by atoms with E-state index in [1.54, 1.807) is 12.4 Å². The predicted molar refractivity (Wildman–Crippen MR) is 114 cm³/mol. The molecule has 5 rings (SSSR count). The van der Waals surface area contributed by atoms with Crippen LogP contribution >= 0.6 is 0 Å². The Hall–Kier alpha value is -2.66. The van der Waals surface area contributed by atoms with Gasteiger partial charge in [-0.15, -0.1) is 0 Å². The molecule has 166 valence electrons. The second-order valence-electron chi connectivity index (χ2n) is 8.59. The Morgan fingerprint density at radius 1 is 1.35 bits per heavy atom. The number of fused-ring (bicyclic) bond motifs is 1. The van der Waals surface area contributed by atoms with Gasteiger partial charge in [0.05, 0.1) is 40.4 Å². The quantitative estimate of drug-likeness (QED) is 0.624. The molecular weight excluding hydrogens is 422 g/mol. The van der Waals surface area contributed by atoms with E-state index in [0.717, 1.165) is 28.0 Å². The number of aryl methyl sites for hydroxylation is 1. The highest BCUT2D eigenvalue weighted by Gasteiger charge is 2.51. The summed E-state index contributed by atoms with van der Waals surface area (Å²) in [5, 5.41) is 18.0. The molecule has 3 N–H and O–H groups in total. The zero-order chi connectivity index (χ0) is 21.8. The number of hydrogen-bond acceptors (Lipinski definition) is 8. The molecule has 2 aromatic rings. The van der Waals surface area contributed by atoms with Crippen molar-refractivity contribution in [1.29, 1.82) is 0 Å². The molecule has 11 heteroatoms. The molecule has 0 bridgehead atoms. The van der Waals surface area contributed by atoms with Crippen LogP contribution in [0.25, 0.3) is 16.7 Å². The summed E-state index contributed by atoms with van der Waals surface area (Å²) in [5.74, 6) is -0.860. The number of carboxylic acids is 1. The number of aliphatic carboxylic acids is 1. The summed E-state index contributed by atoms with van der Waals surface area (Å²) in [6.07, 6.45) is 7.40. The largest absolute Gasteiger partial charge is 0.481 e. The van der Waals surface area contributed by atoms with Crippen LogP contribution in [0.2, 0.25) is 0 Å². The molecule has 0 radical (unpaired) electrons. The van der Waals surface area contributed by atoms with Crippen LogP contribution in [0.4, 0.5) is 5.69 Å². The molecule has 1 spiro atoms. The van der Waals surface area contributed by atoms with Crippen LogP contribution < -0.4 is 10.8 Å². The number of aromatic nitrogens is 3. The Morgan fingerprint density at radius 3 is 2.77 bits per heavy atom. The molecule has 0 atom stereocenters. The van der Waals surface area contributed by atoms with Crippen LogP contribution in [0.1, 0.15) is 38.2 Å². The number of hydrogen-bond donors (Lipinski definition) is 3. The van der Waals surface area contributed by atoms with Crippen molar-refractivity contribution in [3.63, 3.8) is 0 Å². The third-order valence-electron chi connectivity index (χ3n) is 6.46. The highest BCUT2D eigenvalue weighted by Crippen LogP contribution is 2.47. The van der Waals surface area contributed by atoms with Crippen LogP contribution in [0.5, 0.6) is 0 Å². The monoisotopic (exact) mass is 447 g/mol. The first kappa shape index (κ1) is 20.3. The van der Waals surface area contributed by atoms with E-state index in [1.165, 1.54) is 0 Å². The van der Waals surface area contributed by atoms with Gasteiger partial charge in [-0.25, -0.2) is 18.1 Å². The van der Waals surface area contributed by atoms with E-state index >= 15 is 0 Å². The number of hydroxylamine groups is 1. The summed E-state index contributed by atoms with van der Waals surface area (Å²) < 4.78 is 25.5. The number of anilines is 1. The molecule has 0 aromatic carbocycles. The molecule has 31 heavy (non-hydrogen) atoms. The van der Waals surface area contributed by atoms with Crippen molar-refractivity contribution in [3.8, 4) is 0 Å².